The molecule has 1 aromatic heterocycles. The fourth-order valence-electron chi connectivity index (χ4n) is 2.67. The Hall–Kier alpha value is -2.40. The highest BCUT2D eigenvalue weighted by atomic mass is 16.5. The lowest BCUT2D eigenvalue weighted by molar-refractivity contribution is 0.0285. The van der Waals surface area contributed by atoms with E-state index in [1.54, 1.807) is 12.1 Å². The van der Waals surface area contributed by atoms with Gasteiger partial charge in [-0.1, -0.05) is 24.3 Å². The lowest BCUT2D eigenvalue weighted by atomic mass is 9.99. The fraction of sp³-hybridized carbons (Fsp3) is 0.368. The molecule has 0 aliphatic carbocycles. The van der Waals surface area contributed by atoms with Crippen LogP contribution in [0.1, 0.15) is 35.3 Å². The Morgan fingerprint density at radius 3 is 2.79 bits per heavy atom. The summed E-state index contributed by atoms with van der Waals surface area (Å²) in [5.74, 6) is 0.370. The molecule has 1 N–H and O–H groups in total. The Morgan fingerprint density at radius 2 is 2.08 bits per heavy atom. The standard InChI is InChI=1S/C19H22N2O3/c1-13(2)24-18-8-7-15(10-20-18)19(22)21-11-17-9-14-5-3-4-6-16(14)12-23-17/h3-8,10,13,17H,9,11-12H2,1-2H3,(H,21,22). The minimum atomic E-state index is -0.152. The lowest BCUT2D eigenvalue weighted by Crippen LogP contribution is -2.36. The van der Waals surface area contributed by atoms with E-state index >= 15 is 0 Å². The van der Waals surface area contributed by atoms with Gasteiger partial charge in [0.25, 0.3) is 5.91 Å². The molecule has 0 saturated heterocycles. The third-order valence-electron chi connectivity index (χ3n) is 3.89. The van der Waals surface area contributed by atoms with E-state index in [1.807, 2.05) is 26.0 Å². The number of carbonyl (C=O) groups is 1. The maximum atomic E-state index is 12.2. The van der Waals surface area contributed by atoms with E-state index in [2.05, 4.69) is 22.4 Å². The summed E-state index contributed by atoms with van der Waals surface area (Å²) < 4.78 is 11.3. The summed E-state index contributed by atoms with van der Waals surface area (Å²) >= 11 is 0. The molecule has 3 rings (SSSR count). The van der Waals surface area contributed by atoms with Crippen molar-refractivity contribution in [2.24, 2.45) is 0 Å². The van der Waals surface area contributed by atoms with Crippen molar-refractivity contribution in [3.8, 4) is 5.88 Å². The van der Waals surface area contributed by atoms with Gasteiger partial charge in [-0.25, -0.2) is 4.98 Å². The second-order valence-corrected chi connectivity index (χ2v) is 6.17. The molecular weight excluding hydrogens is 304 g/mol. The smallest absolute Gasteiger partial charge is 0.252 e. The summed E-state index contributed by atoms with van der Waals surface area (Å²) in [6, 6.07) is 11.7. The number of pyridine rings is 1. The van der Waals surface area contributed by atoms with Gasteiger partial charge in [-0.05, 0) is 31.0 Å². The number of carbonyl (C=O) groups excluding carboxylic acids is 1. The minimum Gasteiger partial charge on any atom is -0.475 e. The predicted molar refractivity (Wildman–Crippen MR) is 91.1 cm³/mol. The van der Waals surface area contributed by atoms with Gasteiger partial charge in [-0.15, -0.1) is 0 Å². The normalized spacial score (nSPS) is 16.5. The van der Waals surface area contributed by atoms with Gasteiger partial charge in [-0.2, -0.15) is 0 Å². The number of fused-ring (bicyclic) bond motifs is 1. The van der Waals surface area contributed by atoms with Gasteiger partial charge in [0.15, 0.2) is 0 Å². The van der Waals surface area contributed by atoms with Gasteiger partial charge >= 0.3 is 0 Å². The van der Waals surface area contributed by atoms with Gasteiger partial charge in [0.1, 0.15) is 0 Å². The molecule has 0 spiro atoms. The molecule has 5 heteroatoms. The van der Waals surface area contributed by atoms with Crippen molar-refractivity contribution in [2.75, 3.05) is 6.54 Å². The first-order valence-electron chi connectivity index (χ1n) is 8.21. The number of nitrogens with one attached hydrogen (secondary N) is 1. The Morgan fingerprint density at radius 1 is 1.29 bits per heavy atom. The summed E-state index contributed by atoms with van der Waals surface area (Å²) in [5.41, 5.74) is 3.03. The highest BCUT2D eigenvalue weighted by Crippen LogP contribution is 2.20. The van der Waals surface area contributed by atoms with E-state index in [1.165, 1.54) is 17.3 Å². The van der Waals surface area contributed by atoms with Crippen molar-refractivity contribution >= 4 is 5.91 Å². The maximum Gasteiger partial charge on any atom is 0.252 e. The quantitative estimate of drug-likeness (QED) is 0.918. The van der Waals surface area contributed by atoms with Crippen molar-refractivity contribution in [1.82, 2.24) is 10.3 Å². The van der Waals surface area contributed by atoms with Crippen LogP contribution in [0, 0.1) is 0 Å². The third kappa shape index (κ3) is 4.11. The summed E-state index contributed by atoms with van der Waals surface area (Å²) in [7, 11) is 0. The summed E-state index contributed by atoms with van der Waals surface area (Å²) in [4.78, 5) is 16.4. The molecule has 2 aromatic rings. The van der Waals surface area contributed by atoms with E-state index in [4.69, 9.17) is 9.47 Å². The Kier molecular flexibility index (Phi) is 5.11. The molecule has 1 atom stereocenters. The molecular formula is C19H22N2O3. The third-order valence-corrected chi connectivity index (χ3v) is 3.89. The topological polar surface area (TPSA) is 60.5 Å². The number of benzene rings is 1. The molecule has 0 saturated carbocycles. The molecule has 1 amide bonds. The van der Waals surface area contributed by atoms with Gasteiger partial charge < -0.3 is 14.8 Å². The second-order valence-electron chi connectivity index (χ2n) is 6.17. The maximum absolute atomic E-state index is 12.2. The van der Waals surface area contributed by atoms with Crippen molar-refractivity contribution in [1.29, 1.82) is 0 Å². The summed E-state index contributed by atoms with van der Waals surface area (Å²) in [6.45, 7) is 4.95. The highest BCUT2D eigenvalue weighted by molar-refractivity contribution is 5.93. The second kappa shape index (κ2) is 7.45. The molecule has 5 nitrogen and oxygen atoms in total. The van der Waals surface area contributed by atoms with Crippen LogP contribution in [-0.2, 0) is 17.8 Å². The van der Waals surface area contributed by atoms with Gasteiger partial charge in [0, 0.05) is 25.2 Å². The summed E-state index contributed by atoms with van der Waals surface area (Å²) in [6.07, 6.45) is 2.41. The van der Waals surface area contributed by atoms with Crippen molar-refractivity contribution < 1.29 is 14.3 Å². The fourth-order valence-corrected chi connectivity index (χ4v) is 2.67. The molecule has 0 radical (unpaired) electrons. The first-order chi connectivity index (χ1) is 11.6. The van der Waals surface area contributed by atoms with E-state index < -0.39 is 0 Å². The number of rotatable bonds is 5. The van der Waals surface area contributed by atoms with Crippen LogP contribution < -0.4 is 10.1 Å². The Bertz CT molecular complexity index is 698. The van der Waals surface area contributed by atoms with Crippen LogP contribution in [0.2, 0.25) is 0 Å². The molecule has 1 aliphatic heterocycles. The van der Waals surface area contributed by atoms with E-state index in [9.17, 15) is 4.79 Å². The monoisotopic (exact) mass is 326 g/mol. The SMILES string of the molecule is CC(C)Oc1ccc(C(=O)NCC2Cc3ccccc3CO2)cn1. The number of amides is 1. The highest BCUT2D eigenvalue weighted by Gasteiger charge is 2.19. The molecule has 24 heavy (non-hydrogen) atoms. The van der Waals surface area contributed by atoms with E-state index in [-0.39, 0.29) is 18.1 Å². The minimum absolute atomic E-state index is 0.000330. The van der Waals surface area contributed by atoms with Crippen molar-refractivity contribution in [3.05, 3.63) is 59.3 Å². The van der Waals surface area contributed by atoms with Crippen LogP contribution in [-0.4, -0.2) is 29.6 Å². The average molecular weight is 326 g/mol. The zero-order chi connectivity index (χ0) is 16.9. The number of hydrogen-bond acceptors (Lipinski definition) is 4. The molecule has 2 heterocycles. The van der Waals surface area contributed by atoms with E-state index in [0.717, 1.165) is 6.42 Å². The van der Waals surface area contributed by atoms with Gasteiger partial charge in [0.05, 0.1) is 24.4 Å². The number of aromatic nitrogens is 1. The van der Waals surface area contributed by atoms with Crippen LogP contribution in [0.15, 0.2) is 42.6 Å². The largest absolute Gasteiger partial charge is 0.475 e. The first kappa shape index (κ1) is 16.5. The van der Waals surface area contributed by atoms with Crippen LogP contribution in [0.4, 0.5) is 0 Å². The number of ether oxygens (including phenoxy) is 2. The van der Waals surface area contributed by atoms with Gasteiger partial charge in [-0.3, -0.25) is 4.79 Å². The molecule has 1 aromatic carbocycles. The zero-order valence-corrected chi connectivity index (χ0v) is 14.0. The van der Waals surface area contributed by atoms with Crippen molar-refractivity contribution in [2.45, 2.75) is 39.1 Å². The molecule has 126 valence electrons. The first-order valence-corrected chi connectivity index (χ1v) is 8.21. The Balaban J connectivity index is 1.52. The summed E-state index contributed by atoms with van der Waals surface area (Å²) in [5, 5.41) is 2.91. The van der Waals surface area contributed by atoms with Crippen LogP contribution in [0.25, 0.3) is 0 Å². The lowest BCUT2D eigenvalue weighted by Gasteiger charge is -2.25. The number of hydrogen-bond donors (Lipinski definition) is 1. The number of nitrogens with zero attached hydrogens (tertiary/aromatic N) is 1. The molecule has 0 bridgehead atoms. The van der Waals surface area contributed by atoms with Crippen LogP contribution in [0.5, 0.6) is 5.88 Å². The molecule has 1 aliphatic rings. The predicted octanol–water partition coefficient (Wildman–Crippen LogP) is 2.74. The molecule has 1 unspecified atom stereocenters. The van der Waals surface area contributed by atoms with E-state index in [0.29, 0.717) is 24.6 Å². The zero-order valence-electron chi connectivity index (χ0n) is 14.0. The van der Waals surface area contributed by atoms with Crippen LogP contribution >= 0.6 is 0 Å². The Labute approximate surface area is 142 Å². The molecule has 0 fully saturated rings. The van der Waals surface area contributed by atoms with Crippen LogP contribution in [0.3, 0.4) is 0 Å². The van der Waals surface area contributed by atoms with Gasteiger partial charge in [0.2, 0.25) is 5.88 Å². The van der Waals surface area contributed by atoms with Crippen molar-refractivity contribution in [3.63, 3.8) is 0 Å². The average Bonchev–Trinajstić information content (AvgIpc) is 2.59.